The second-order valence-corrected chi connectivity index (χ2v) is 6.88. The Hall–Kier alpha value is -2.47. The number of hydrogen-bond donors (Lipinski definition) is 1. The monoisotopic (exact) mass is 339 g/mol. The van der Waals surface area contributed by atoms with Gasteiger partial charge in [-0.1, -0.05) is 24.2 Å². The number of thiazole rings is 1. The summed E-state index contributed by atoms with van der Waals surface area (Å²) in [6.07, 6.45) is 9.34. The van der Waals surface area contributed by atoms with Crippen molar-refractivity contribution in [2.45, 2.75) is 25.7 Å². The molecule has 0 saturated heterocycles. The Kier molecular flexibility index (Phi) is 4.13. The van der Waals surface area contributed by atoms with Gasteiger partial charge in [-0.3, -0.25) is 9.78 Å². The van der Waals surface area contributed by atoms with Crippen molar-refractivity contribution in [2.75, 3.05) is 5.32 Å². The molecule has 6 heteroatoms. The fourth-order valence-electron chi connectivity index (χ4n) is 3.05. The average Bonchev–Trinajstić information content (AvgIpc) is 3.36. The fraction of sp³-hybridized carbons (Fsp3) is 0.278. The first kappa shape index (κ1) is 15.1. The summed E-state index contributed by atoms with van der Waals surface area (Å²) in [7, 11) is 0. The molecule has 0 bridgehead atoms. The van der Waals surface area contributed by atoms with Crippen LogP contribution in [0.3, 0.4) is 0 Å². The summed E-state index contributed by atoms with van der Waals surface area (Å²) in [4.78, 5) is 22.0. The van der Waals surface area contributed by atoms with Gasteiger partial charge in [0.05, 0.1) is 11.1 Å². The van der Waals surface area contributed by atoms with Crippen LogP contribution in [0.1, 0.15) is 25.7 Å². The second-order valence-electron chi connectivity index (χ2n) is 5.88. The van der Waals surface area contributed by atoms with Gasteiger partial charge in [-0.05, 0) is 42.7 Å². The summed E-state index contributed by atoms with van der Waals surface area (Å²) in [5, 5.41) is 3.60. The number of carbonyl (C=O) groups is 1. The van der Waals surface area contributed by atoms with E-state index in [0.717, 1.165) is 41.8 Å². The summed E-state index contributed by atoms with van der Waals surface area (Å²) < 4.78 is 5.52. The highest BCUT2D eigenvalue weighted by Gasteiger charge is 2.24. The van der Waals surface area contributed by atoms with Crippen LogP contribution in [0.25, 0.3) is 21.9 Å². The van der Waals surface area contributed by atoms with E-state index in [0.29, 0.717) is 10.9 Å². The lowest BCUT2D eigenvalue weighted by Gasteiger charge is -2.07. The zero-order valence-electron chi connectivity index (χ0n) is 13.1. The van der Waals surface area contributed by atoms with Crippen molar-refractivity contribution in [1.82, 2.24) is 9.97 Å². The summed E-state index contributed by atoms with van der Waals surface area (Å²) in [6.45, 7) is 0. The van der Waals surface area contributed by atoms with Crippen LogP contribution in [0, 0.1) is 5.92 Å². The normalized spacial score (nSPS) is 14.8. The molecule has 1 fully saturated rings. The fourth-order valence-corrected chi connectivity index (χ4v) is 4.03. The summed E-state index contributed by atoms with van der Waals surface area (Å²) in [5.41, 5.74) is 1.76. The number of nitrogens with zero attached hydrogens (tertiary/aromatic N) is 2. The first-order valence-corrected chi connectivity index (χ1v) is 8.89. The molecule has 1 N–H and O–H groups in total. The Bertz CT molecular complexity index is 821. The minimum atomic E-state index is 0.0773. The van der Waals surface area contributed by atoms with Crippen LogP contribution in [-0.4, -0.2) is 15.9 Å². The van der Waals surface area contributed by atoms with Gasteiger partial charge in [0.15, 0.2) is 10.9 Å². The molecule has 4 rings (SSSR count). The molecule has 1 aliphatic carbocycles. The number of pyridine rings is 1. The Balaban J connectivity index is 1.67. The van der Waals surface area contributed by atoms with Crippen LogP contribution in [0.2, 0.25) is 0 Å². The van der Waals surface area contributed by atoms with E-state index in [-0.39, 0.29) is 11.8 Å². The van der Waals surface area contributed by atoms with Crippen molar-refractivity contribution < 1.29 is 9.21 Å². The predicted octanol–water partition coefficient (Wildman–Crippen LogP) is 4.59. The third kappa shape index (κ3) is 2.97. The van der Waals surface area contributed by atoms with E-state index >= 15 is 0 Å². The van der Waals surface area contributed by atoms with Crippen LogP contribution >= 0.6 is 11.3 Å². The molecule has 0 radical (unpaired) electrons. The molecule has 3 aromatic heterocycles. The van der Waals surface area contributed by atoms with E-state index in [1.165, 1.54) is 11.3 Å². The molecule has 1 saturated carbocycles. The maximum atomic E-state index is 12.4. The number of aromatic nitrogens is 2. The van der Waals surface area contributed by atoms with Gasteiger partial charge in [0, 0.05) is 18.3 Å². The van der Waals surface area contributed by atoms with E-state index in [1.54, 1.807) is 18.7 Å². The minimum absolute atomic E-state index is 0.0773. The van der Waals surface area contributed by atoms with E-state index in [9.17, 15) is 4.79 Å². The summed E-state index contributed by atoms with van der Waals surface area (Å²) in [5.74, 6) is 0.887. The van der Waals surface area contributed by atoms with Gasteiger partial charge < -0.3 is 9.73 Å². The molecule has 1 aliphatic rings. The van der Waals surface area contributed by atoms with Crippen molar-refractivity contribution in [1.29, 1.82) is 0 Å². The highest BCUT2D eigenvalue weighted by atomic mass is 32.1. The molecule has 1 amide bonds. The third-order valence-corrected chi connectivity index (χ3v) is 5.30. The van der Waals surface area contributed by atoms with E-state index in [4.69, 9.17) is 4.42 Å². The highest BCUT2D eigenvalue weighted by molar-refractivity contribution is 7.19. The number of rotatable bonds is 4. The van der Waals surface area contributed by atoms with Crippen LogP contribution in [0.15, 0.2) is 47.3 Å². The molecule has 5 nitrogen and oxygen atoms in total. The molecule has 122 valence electrons. The molecule has 0 atom stereocenters. The molecule has 0 aromatic carbocycles. The van der Waals surface area contributed by atoms with E-state index in [1.807, 2.05) is 24.3 Å². The lowest BCUT2D eigenvalue weighted by atomic mass is 10.1. The maximum absolute atomic E-state index is 12.4. The summed E-state index contributed by atoms with van der Waals surface area (Å²) in [6, 6.07) is 7.58. The number of anilines is 1. The molecule has 0 spiro atoms. The van der Waals surface area contributed by atoms with Gasteiger partial charge in [0.25, 0.3) is 0 Å². The van der Waals surface area contributed by atoms with Crippen LogP contribution < -0.4 is 5.32 Å². The Morgan fingerprint density at radius 2 is 2.00 bits per heavy atom. The Morgan fingerprint density at radius 1 is 1.21 bits per heavy atom. The standard InChI is InChI=1S/C18H17N3O2S/c22-17(13-4-1-2-5-13)21-18-20-15(14-6-3-11-23-14)16(24-18)12-7-9-19-10-8-12/h3,6-11,13H,1-2,4-5H2,(H,20,21,22). The van der Waals surface area contributed by atoms with Gasteiger partial charge in [-0.2, -0.15) is 0 Å². The first-order chi connectivity index (χ1) is 11.8. The molecular weight excluding hydrogens is 322 g/mol. The van der Waals surface area contributed by atoms with Gasteiger partial charge in [-0.15, -0.1) is 0 Å². The predicted molar refractivity (Wildman–Crippen MR) is 93.6 cm³/mol. The zero-order chi connectivity index (χ0) is 16.4. The molecule has 0 aliphatic heterocycles. The van der Waals surface area contributed by atoms with Crippen LogP contribution in [0.5, 0.6) is 0 Å². The van der Waals surface area contributed by atoms with Crippen molar-refractivity contribution in [3.63, 3.8) is 0 Å². The minimum Gasteiger partial charge on any atom is -0.463 e. The number of carbonyl (C=O) groups excluding carboxylic acids is 1. The Labute approximate surface area is 143 Å². The number of nitrogens with one attached hydrogen (secondary N) is 1. The van der Waals surface area contributed by atoms with Gasteiger partial charge in [-0.25, -0.2) is 4.98 Å². The Morgan fingerprint density at radius 3 is 2.71 bits per heavy atom. The molecule has 0 unspecified atom stereocenters. The lowest BCUT2D eigenvalue weighted by molar-refractivity contribution is -0.119. The third-order valence-electron chi connectivity index (χ3n) is 4.28. The van der Waals surface area contributed by atoms with Crippen LogP contribution in [-0.2, 0) is 4.79 Å². The molecule has 3 heterocycles. The quantitative estimate of drug-likeness (QED) is 0.754. The molecule has 3 aromatic rings. The average molecular weight is 339 g/mol. The molecular formula is C18H17N3O2S. The summed E-state index contributed by atoms with van der Waals surface area (Å²) >= 11 is 1.47. The van der Waals surface area contributed by atoms with Crippen molar-refractivity contribution in [2.24, 2.45) is 5.92 Å². The number of hydrogen-bond acceptors (Lipinski definition) is 5. The van der Waals surface area contributed by atoms with Gasteiger partial charge >= 0.3 is 0 Å². The number of furan rings is 1. The SMILES string of the molecule is O=C(Nc1nc(-c2ccco2)c(-c2ccncc2)s1)C1CCCC1. The van der Waals surface area contributed by atoms with Crippen molar-refractivity contribution in [3.05, 3.63) is 42.9 Å². The lowest BCUT2D eigenvalue weighted by Crippen LogP contribution is -2.20. The van der Waals surface area contributed by atoms with Crippen molar-refractivity contribution >= 4 is 22.4 Å². The largest absolute Gasteiger partial charge is 0.463 e. The zero-order valence-corrected chi connectivity index (χ0v) is 13.9. The second kappa shape index (κ2) is 6.57. The molecule has 24 heavy (non-hydrogen) atoms. The maximum Gasteiger partial charge on any atom is 0.229 e. The van der Waals surface area contributed by atoms with Crippen LogP contribution in [0.4, 0.5) is 5.13 Å². The van der Waals surface area contributed by atoms with E-state index in [2.05, 4.69) is 15.3 Å². The highest BCUT2D eigenvalue weighted by Crippen LogP contribution is 2.39. The van der Waals surface area contributed by atoms with Crippen molar-refractivity contribution in [3.8, 4) is 21.9 Å². The van der Waals surface area contributed by atoms with Gasteiger partial charge in [0.2, 0.25) is 5.91 Å². The number of amides is 1. The van der Waals surface area contributed by atoms with E-state index < -0.39 is 0 Å². The topological polar surface area (TPSA) is 68.0 Å². The smallest absolute Gasteiger partial charge is 0.229 e. The first-order valence-electron chi connectivity index (χ1n) is 8.07. The van der Waals surface area contributed by atoms with Gasteiger partial charge in [0.1, 0.15) is 5.69 Å².